The second-order valence-corrected chi connectivity index (χ2v) is 6.43. The molecular weight excluding hydrogens is 338 g/mol. The van der Waals surface area contributed by atoms with E-state index in [0.717, 1.165) is 16.5 Å². The minimum atomic E-state index is 0.521. The van der Waals surface area contributed by atoms with Crippen LogP contribution in [0.1, 0.15) is 17.1 Å². The summed E-state index contributed by atoms with van der Waals surface area (Å²) >= 11 is 1.50. The van der Waals surface area contributed by atoms with E-state index < -0.39 is 0 Å². The number of hydrogen-bond donors (Lipinski definition) is 0. The Bertz CT molecular complexity index is 944. The minimum absolute atomic E-state index is 0.521. The number of aromatic nitrogens is 5. The van der Waals surface area contributed by atoms with Crippen LogP contribution in [0.5, 0.6) is 0 Å². The Kier molecular flexibility index (Phi) is 4.34. The SMILES string of the molecule is Cc1ccc(-c2nc(CSc3nncn3Cc3ccco3)no2)cc1. The smallest absolute Gasteiger partial charge is 0.257 e. The summed E-state index contributed by atoms with van der Waals surface area (Å²) in [5.41, 5.74) is 2.10. The van der Waals surface area contributed by atoms with Crippen molar-refractivity contribution in [1.29, 1.82) is 0 Å². The highest BCUT2D eigenvalue weighted by atomic mass is 32.2. The third-order valence-electron chi connectivity index (χ3n) is 3.58. The first-order valence-electron chi connectivity index (χ1n) is 7.70. The molecule has 0 saturated heterocycles. The van der Waals surface area contributed by atoms with Crippen molar-refractivity contribution in [1.82, 2.24) is 24.9 Å². The van der Waals surface area contributed by atoms with E-state index in [4.69, 9.17) is 8.94 Å². The van der Waals surface area contributed by atoms with Crippen LogP contribution in [-0.4, -0.2) is 24.9 Å². The molecule has 0 spiro atoms. The molecule has 3 heterocycles. The highest BCUT2D eigenvalue weighted by Gasteiger charge is 2.12. The molecule has 0 fully saturated rings. The molecule has 0 amide bonds. The van der Waals surface area contributed by atoms with Crippen molar-refractivity contribution in [2.24, 2.45) is 0 Å². The lowest BCUT2D eigenvalue weighted by Crippen LogP contribution is -1.99. The van der Waals surface area contributed by atoms with Crippen LogP contribution in [0.15, 0.2) is 63.1 Å². The Morgan fingerprint density at radius 2 is 2.04 bits per heavy atom. The van der Waals surface area contributed by atoms with Gasteiger partial charge >= 0.3 is 0 Å². The van der Waals surface area contributed by atoms with E-state index in [-0.39, 0.29) is 0 Å². The van der Waals surface area contributed by atoms with Crippen LogP contribution >= 0.6 is 11.8 Å². The van der Waals surface area contributed by atoms with Crippen LogP contribution < -0.4 is 0 Å². The molecule has 0 aliphatic heterocycles. The van der Waals surface area contributed by atoms with Gasteiger partial charge in [0, 0.05) is 5.56 Å². The Morgan fingerprint density at radius 3 is 2.84 bits per heavy atom. The summed E-state index contributed by atoms with van der Waals surface area (Å²) in [6.45, 7) is 2.63. The van der Waals surface area contributed by atoms with Crippen LogP contribution in [-0.2, 0) is 12.3 Å². The molecule has 25 heavy (non-hydrogen) atoms. The van der Waals surface area contributed by atoms with E-state index in [1.165, 1.54) is 17.3 Å². The lowest BCUT2D eigenvalue weighted by Gasteiger charge is -2.02. The summed E-state index contributed by atoms with van der Waals surface area (Å²) < 4.78 is 12.6. The number of aryl methyl sites for hydroxylation is 1. The molecular formula is C17H15N5O2S. The number of nitrogens with zero attached hydrogens (tertiary/aromatic N) is 5. The van der Waals surface area contributed by atoms with Gasteiger partial charge in [0.05, 0.1) is 18.6 Å². The van der Waals surface area contributed by atoms with Gasteiger partial charge in [-0.05, 0) is 31.2 Å². The first-order valence-corrected chi connectivity index (χ1v) is 8.69. The van der Waals surface area contributed by atoms with Gasteiger partial charge in [-0.3, -0.25) is 0 Å². The Labute approximate surface area is 148 Å². The molecule has 0 atom stereocenters. The van der Waals surface area contributed by atoms with E-state index in [0.29, 0.717) is 24.0 Å². The molecule has 0 unspecified atom stereocenters. The van der Waals surface area contributed by atoms with Gasteiger partial charge < -0.3 is 13.5 Å². The predicted molar refractivity (Wildman–Crippen MR) is 91.9 cm³/mol. The zero-order valence-electron chi connectivity index (χ0n) is 13.5. The van der Waals surface area contributed by atoms with E-state index >= 15 is 0 Å². The van der Waals surface area contributed by atoms with Gasteiger partial charge in [-0.2, -0.15) is 4.98 Å². The number of hydrogen-bond acceptors (Lipinski definition) is 7. The average molecular weight is 353 g/mol. The normalized spacial score (nSPS) is 11.1. The molecule has 1 aromatic carbocycles. The zero-order valence-corrected chi connectivity index (χ0v) is 14.3. The molecule has 126 valence electrons. The van der Waals surface area contributed by atoms with Gasteiger partial charge in [-0.25, -0.2) is 0 Å². The van der Waals surface area contributed by atoms with Gasteiger partial charge in [0.2, 0.25) is 0 Å². The van der Waals surface area contributed by atoms with Gasteiger partial charge in [0.25, 0.3) is 5.89 Å². The molecule has 0 aliphatic carbocycles. The molecule has 4 rings (SSSR count). The minimum Gasteiger partial charge on any atom is -0.467 e. The fraction of sp³-hybridized carbons (Fsp3) is 0.176. The van der Waals surface area contributed by atoms with Crippen molar-refractivity contribution in [2.75, 3.05) is 0 Å². The fourth-order valence-corrected chi connectivity index (χ4v) is 3.05. The molecule has 0 bridgehead atoms. The van der Waals surface area contributed by atoms with E-state index in [9.17, 15) is 0 Å². The first kappa shape index (κ1) is 15.6. The van der Waals surface area contributed by atoms with Crippen molar-refractivity contribution >= 4 is 11.8 Å². The van der Waals surface area contributed by atoms with E-state index in [1.807, 2.05) is 47.9 Å². The first-order chi connectivity index (χ1) is 12.3. The maximum absolute atomic E-state index is 5.36. The van der Waals surface area contributed by atoms with Crippen molar-refractivity contribution in [2.45, 2.75) is 24.4 Å². The number of rotatable bonds is 6. The molecule has 0 saturated carbocycles. The van der Waals surface area contributed by atoms with E-state index in [1.54, 1.807) is 12.6 Å². The molecule has 3 aromatic heterocycles. The van der Waals surface area contributed by atoms with Crippen LogP contribution in [0.2, 0.25) is 0 Å². The van der Waals surface area contributed by atoms with Gasteiger partial charge in [0.15, 0.2) is 11.0 Å². The topological polar surface area (TPSA) is 82.8 Å². The summed E-state index contributed by atoms with van der Waals surface area (Å²) in [5, 5.41) is 12.9. The third kappa shape index (κ3) is 3.63. The van der Waals surface area contributed by atoms with Crippen molar-refractivity contribution < 1.29 is 8.94 Å². The highest BCUT2D eigenvalue weighted by Crippen LogP contribution is 2.23. The van der Waals surface area contributed by atoms with Crippen LogP contribution in [0.4, 0.5) is 0 Å². The van der Waals surface area contributed by atoms with Gasteiger partial charge in [-0.1, -0.05) is 34.6 Å². The lowest BCUT2D eigenvalue weighted by molar-refractivity contribution is 0.425. The maximum Gasteiger partial charge on any atom is 0.257 e. The second-order valence-electron chi connectivity index (χ2n) is 5.49. The standard InChI is InChI=1S/C17H15N5O2S/c1-12-4-6-13(7-5-12)16-19-15(21-24-16)10-25-17-20-18-11-22(17)9-14-3-2-8-23-14/h2-8,11H,9-10H2,1H3. The maximum atomic E-state index is 5.36. The van der Waals surface area contributed by atoms with Crippen molar-refractivity contribution in [3.63, 3.8) is 0 Å². The zero-order chi connectivity index (χ0) is 17.1. The summed E-state index contributed by atoms with van der Waals surface area (Å²) in [7, 11) is 0. The highest BCUT2D eigenvalue weighted by molar-refractivity contribution is 7.98. The largest absolute Gasteiger partial charge is 0.467 e. The molecule has 0 N–H and O–H groups in total. The van der Waals surface area contributed by atoms with Crippen LogP contribution in [0, 0.1) is 6.92 Å². The summed E-state index contributed by atoms with van der Waals surface area (Å²) in [5.74, 6) is 2.54. The molecule has 4 aromatic rings. The molecule has 0 aliphatic rings. The molecule has 8 heteroatoms. The molecule has 0 radical (unpaired) electrons. The summed E-state index contributed by atoms with van der Waals surface area (Å²) in [4.78, 5) is 4.44. The summed E-state index contributed by atoms with van der Waals surface area (Å²) in [6.07, 6.45) is 3.33. The average Bonchev–Trinajstić information content (AvgIpc) is 3.36. The predicted octanol–water partition coefficient (Wildman–Crippen LogP) is 3.57. The number of furan rings is 1. The van der Waals surface area contributed by atoms with Crippen LogP contribution in [0.3, 0.4) is 0 Å². The van der Waals surface area contributed by atoms with Crippen LogP contribution in [0.25, 0.3) is 11.5 Å². The van der Waals surface area contributed by atoms with Crippen molar-refractivity contribution in [3.8, 4) is 11.5 Å². The Balaban J connectivity index is 1.42. The Morgan fingerprint density at radius 1 is 1.16 bits per heavy atom. The van der Waals surface area contributed by atoms with Gasteiger partial charge in [0.1, 0.15) is 12.1 Å². The van der Waals surface area contributed by atoms with E-state index in [2.05, 4.69) is 20.3 Å². The third-order valence-corrected chi connectivity index (χ3v) is 4.56. The monoisotopic (exact) mass is 353 g/mol. The molecule has 7 nitrogen and oxygen atoms in total. The van der Waals surface area contributed by atoms with Gasteiger partial charge in [-0.15, -0.1) is 10.2 Å². The number of thioether (sulfide) groups is 1. The van der Waals surface area contributed by atoms with Crippen molar-refractivity contribution in [3.05, 3.63) is 66.1 Å². The fourth-order valence-electron chi connectivity index (χ4n) is 2.29. The summed E-state index contributed by atoms with van der Waals surface area (Å²) in [6, 6.07) is 11.8. The quantitative estimate of drug-likeness (QED) is 0.490. The lowest BCUT2D eigenvalue weighted by atomic mass is 10.1. The second kappa shape index (κ2) is 6.94. The number of benzene rings is 1. The Hall–Kier alpha value is -2.87.